The van der Waals surface area contributed by atoms with Gasteiger partial charge in [0.25, 0.3) is 5.56 Å². The third-order valence-electron chi connectivity index (χ3n) is 4.43. The molecule has 22 heteroatoms. The van der Waals surface area contributed by atoms with Gasteiger partial charge in [0.05, 0.1) is 12.0 Å². The minimum absolute atomic E-state index is 0.0156. The molecular formula is C12H17ClFN4O13P3. The van der Waals surface area contributed by atoms with Gasteiger partial charge in [0.2, 0.25) is 5.95 Å². The molecule has 1 aliphatic rings. The van der Waals surface area contributed by atoms with Crippen LogP contribution in [0.15, 0.2) is 17.1 Å². The van der Waals surface area contributed by atoms with Crippen LogP contribution >= 0.6 is 35.1 Å². The second kappa shape index (κ2) is 9.33. The van der Waals surface area contributed by atoms with Crippen molar-refractivity contribution >= 4 is 52.1 Å². The first kappa shape index (κ1) is 27.4. The average molecular weight is 573 g/mol. The lowest BCUT2D eigenvalue weighted by molar-refractivity contribution is -0.0436. The molecule has 17 nitrogen and oxygen atoms in total. The number of nitrogens with zero attached hydrogens (tertiary/aromatic N) is 2. The fourth-order valence-electron chi connectivity index (χ4n) is 3.10. The summed E-state index contributed by atoms with van der Waals surface area (Å²) in [6.45, 7) is -2.50. The molecule has 0 aliphatic carbocycles. The summed E-state index contributed by atoms with van der Waals surface area (Å²) in [5.74, 6) is -0.291. The van der Waals surface area contributed by atoms with Gasteiger partial charge in [-0.1, -0.05) is 0 Å². The molecule has 6 atom stereocenters. The van der Waals surface area contributed by atoms with E-state index in [1.54, 1.807) is 0 Å². The highest BCUT2D eigenvalue weighted by atomic mass is 35.5. The zero-order valence-electron chi connectivity index (χ0n) is 16.4. The molecule has 0 saturated carbocycles. The highest BCUT2D eigenvalue weighted by Crippen LogP contribution is 2.66. The minimum atomic E-state index is -5.78. The normalized spacial score (nSPS) is 29.2. The highest BCUT2D eigenvalue weighted by molar-refractivity contribution is 7.66. The van der Waals surface area contributed by atoms with Gasteiger partial charge in [0.1, 0.15) is 23.8 Å². The summed E-state index contributed by atoms with van der Waals surface area (Å²) >= 11 is 6.24. The number of halogens is 2. The zero-order valence-corrected chi connectivity index (χ0v) is 19.8. The van der Waals surface area contributed by atoms with E-state index in [-0.39, 0.29) is 17.0 Å². The van der Waals surface area contributed by atoms with Gasteiger partial charge in [0, 0.05) is 6.20 Å². The fraction of sp³-hybridized carbons (Fsp3) is 0.500. The molecule has 3 heterocycles. The molecule has 1 fully saturated rings. The lowest BCUT2D eigenvalue weighted by Gasteiger charge is -2.28. The number of nitrogens with two attached hydrogens (primary N) is 1. The Bertz CT molecular complexity index is 1280. The van der Waals surface area contributed by atoms with Crippen LogP contribution in [0.1, 0.15) is 6.23 Å². The number of H-pyrrole nitrogens is 1. The van der Waals surface area contributed by atoms with Crippen LogP contribution in [-0.4, -0.2) is 69.6 Å². The van der Waals surface area contributed by atoms with Gasteiger partial charge < -0.3 is 39.7 Å². The van der Waals surface area contributed by atoms with Crippen molar-refractivity contribution in [2.75, 3.05) is 19.0 Å². The molecule has 192 valence electrons. The summed E-state index contributed by atoms with van der Waals surface area (Å²) < 4.78 is 66.0. The third kappa shape index (κ3) is 5.77. The highest BCUT2D eigenvalue weighted by Gasteiger charge is 2.57. The van der Waals surface area contributed by atoms with Crippen molar-refractivity contribution in [3.63, 3.8) is 0 Å². The van der Waals surface area contributed by atoms with Crippen LogP contribution < -0.4 is 11.3 Å². The number of rotatable bonds is 9. The minimum Gasteiger partial charge on any atom is -0.388 e. The lowest BCUT2D eigenvalue weighted by atomic mass is 10.0. The summed E-state index contributed by atoms with van der Waals surface area (Å²) in [7, 11) is -16.9. The Morgan fingerprint density at radius 1 is 1.26 bits per heavy atom. The Balaban J connectivity index is 1.82. The van der Waals surface area contributed by atoms with E-state index in [1.807, 2.05) is 0 Å². The quantitative estimate of drug-likeness (QED) is 0.152. The molecule has 2 aromatic heterocycles. The maximum Gasteiger partial charge on any atom is 0.490 e. The number of aliphatic hydroxyl groups excluding tert-OH is 1. The number of anilines is 1. The molecule has 0 spiro atoms. The van der Waals surface area contributed by atoms with Gasteiger partial charge in [-0.05, 0) is 6.07 Å². The van der Waals surface area contributed by atoms with Crippen LogP contribution in [0.25, 0.3) is 11.0 Å². The molecule has 0 aromatic carbocycles. The molecule has 3 rings (SSSR count). The van der Waals surface area contributed by atoms with Crippen LogP contribution in [0.3, 0.4) is 0 Å². The van der Waals surface area contributed by atoms with Gasteiger partial charge in [-0.15, -0.1) is 11.6 Å². The van der Waals surface area contributed by atoms with E-state index >= 15 is 0 Å². The van der Waals surface area contributed by atoms with Gasteiger partial charge in [-0.2, -0.15) is 13.6 Å². The topological polar surface area (TPSA) is 266 Å². The molecule has 3 unspecified atom stereocenters. The van der Waals surface area contributed by atoms with Gasteiger partial charge in [-0.3, -0.25) is 14.3 Å². The van der Waals surface area contributed by atoms with Crippen molar-refractivity contribution < 1.29 is 60.6 Å². The predicted octanol–water partition coefficient (Wildman–Crippen LogP) is -0.145. The number of hydrogen-bond acceptors (Lipinski definition) is 11. The Labute approximate surface area is 192 Å². The number of fused-ring (bicyclic) bond motifs is 1. The summed E-state index contributed by atoms with van der Waals surface area (Å²) in [4.78, 5) is 51.7. The first-order valence-corrected chi connectivity index (χ1v) is 13.6. The standard InChI is InChI=1S/C12H17ClFN4O13P3/c13-12(4-14)7(19)6(3-28-33(24,25)31-34(26,27)30-32(21,22)23)29-10(12)18-2-1-5-8(18)16-11(15)17-9(5)20/h1-2,6-7,10,19H,3-4H2,(H,24,25)(H,26,27)(H2,21,22,23)(H3,15,16,17,20)/t6-,7?,10-,12-/m1/s1. The number of aromatic amines is 1. The molecule has 0 radical (unpaired) electrons. The second-order valence-corrected chi connectivity index (χ2v) is 12.0. The van der Waals surface area contributed by atoms with Crippen molar-refractivity contribution in [2.24, 2.45) is 0 Å². The summed E-state index contributed by atoms with van der Waals surface area (Å²) in [6.07, 6.45) is -3.90. The second-order valence-electron chi connectivity index (χ2n) is 6.83. The molecule has 2 aromatic rings. The molecule has 0 bridgehead atoms. The van der Waals surface area contributed by atoms with E-state index in [1.165, 1.54) is 12.3 Å². The molecule has 8 N–H and O–H groups in total. The first-order chi connectivity index (χ1) is 15.5. The zero-order chi connectivity index (χ0) is 25.7. The lowest BCUT2D eigenvalue weighted by Crippen LogP contribution is -2.44. The monoisotopic (exact) mass is 572 g/mol. The Kier molecular flexibility index (Phi) is 7.51. The number of aromatic nitrogens is 3. The smallest absolute Gasteiger partial charge is 0.388 e. The van der Waals surface area contributed by atoms with Crippen LogP contribution in [-0.2, 0) is 31.6 Å². The number of alkyl halides is 2. The third-order valence-corrected chi connectivity index (χ3v) is 8.75. The predicted molar refractivity (Wildman–Crippen MR) is 109 cm³/mol. The van der Waals surface area contributed by atoms with Crippen LogP contribution in [0, 0.1) is 0 Å². The van der Waals surface area contributed by atoms with E-state index in [0.29, 0.717) is 0 Å². The number of phosphoric acid groups is 3. The number of aliphatic hydroxyl groups is 1. The number of phosphoric ester groups is 1. The Morgan fingerprint density at radius 2 is 1.91 bits per heavy atom. The average Bonchev–Trinajstić information content (AvgIpc) is 3.17. The molecule has 1 saturated heterocycles. The summed E-state index contributed by atoms with van der Waals surface area (Å²) in [5.41, 5.74) is 4.79. The van der Waals surface area contributed by atoms with Gasteiger partial charge in [-0.25, -0.2) is 18.1 Å². The number of nitrogen functional groups attached to an aromatic ring is 1. The molecule has 1 aliphatic heterocycles. The molecular weight excluding hydrogens is 556 g/mol. The van der Waals surface area contributed by atoms with E-state index in [4.69, 9.17) is 31.9 Å². The van der Waals surface area contributed by atoms with Gasteiger partial charge in [0.15, 0.2) is 11.9 Å². The fourth-order valence-corrected chi connectivity index (χ4v) is 6.43. The summed E-state index contributed by atoms with van der Waals surface area (Å²) in [6, 6.07) is 1.28. The van der Waals surface area contributed by atoms with E-state index < -0.39 is 65.6 Å². The number of hydrogen-bond donors (Lipinski definition) is 7. The van der Waals surface area contributed by atoms with Gasteiger partial charge >= 0.3 is 23.5 Å². The molecule has 0 amide bonds. The van der Waals surface area contributed by atoms with E-state index in [0.717, 1.165) is 4.57 Å². The largest absolute Gasteiger partial charge is 0.490 e. The van der Waals surface area contributed by atoms with Crippen LogP contribution in [0.4, 0.5) is 10.3 Å². The first-order valence-electron chi connectivity index (χ1n) is 8.71. The number of nitrogens with one attached hydrogen (secondary N) is 1. The Morgan fingerprint density at radius 3 is 2.50 bits per heavy atom. The van der Waals surface area contributed by atoms with E-state index in [2.05, 4.69) is 23.1 Å². The Hall–Kier alpha value is -1.23. The van der Waals surface area contributed by atoms with Crippen molar-refractivity contribution in [1.29, 1.82) is 0 Å². The van der Waals surface area contributed by atoms with Crippen molar-refractivity contribution in [1.82, 2.24) is 14.5 Å². The van der Waals surface area contributed by atoms with E-state index in [9.17, 15) is 37.8 Å². The summed E-state index contributed by atoms with van der Waals surface area (Å²) in [5, 5.41) is 10.5. The van der Waals surface area contributed by atoms with Crippen molar-refractivity contribution in [3.8, 4) is 0 Å². The van der Waals surface area contributed by atoms with Crippen molar-refractivity contribution in [2.45, 2.75) is 23.3 Å². The number of ether oxygens (including phenoxy) is 1. The maximum absolute atomic E-state index is 13.9. The maximum atomic E-state index is 13.9. The van der Waals surface area contributed by atoms with Crippen LogP contribution in [0.5, 0.6) is 0 Å². The SMILES string of the molecule is Nc1nc2c(ccn2[C@@H]2O[C@H](COP(=O)(O)OP(=O)(O)OP(=O)(O)O)C(O)[C@]2(Cl)CF)c(=O)[nH]1. The molecule has 34 heavy (non-hydrogen) atoms. The van der Waals surface area contributed by atoms with Crippen LogP contribution in [0.2, 0.25) is 0 Å². The van der Waals surface area contributed by atoms with Crippen molar-refractivity contribution in [3.05, 3.63) is 22.6 Å².